The first kappa shape index (κ1) is 8.13. The van der Waals surface area contributed by atoms with Gasteiger partial charge in [0, 0.05) is 0 Å². The zero-order valence-corrected chi connectivity index (χ0v) is 4.78. The van der Waals surface area contributed by atoms with E-state index < -0.39 is 12.3 Å². The maximum atomic E-state index is 10.1. The minimum Gasteiger partial charge on any atom is -0.458 e. The average Bonchev–Trinajstić information content (AvgIpc) is 1.82. The number of aliphatic hydroxyl groups excluding tert-OH is 1. The van der Waals surface area contributed by atoms with Crippen molar-refractivity contribution in [1.29, 1.82) is 0 Å². The zero-order chi connectivity index (χ0) is 7.28. The molecule has 0 saturated heterocycles. The normalized spacial score (nSPS) is 9.22. The van der Waals surface area contributed by atoms with E-state index in [0.29, 0.717) is 0 Å². The highest BCUT2D eigenvalue weighted by atomic mass is 16.6. The van der Waals surface area contributed by atoms with Gasteiger partial charge in [0.2, 0.25) is 0 Å². The molecule has 4 heteroatoms. The van der Waals surface area contributed by atoms with Crippen molar-refractivity contribution in [3.05, 3.63) is 12.7 Å². The summed E-state index contributed by atoms with van der Waals surface area (Å²) in [5.74, 6) is -1.06. The summed E-state index contributed by atoms with van der Waals surface area (Å²) >= 11 is 0. The first-order chi connectivity index (χ1) is 4.18. The third-order valence-corrected chi connectivity index (χ3v) is 0.554. The van der Waals surface area contributed by atoms with E-state index in [4.69, 9.17) is 10.2 Å². The second-order valence-electron chi connectivity index (χ2n) is 1.29. The van der Waals surface area contributed by atoms with Crippen molar-refractivity contribution in [2.45, 2.75) is 6.29 Å². The van der Waals surface area contributed by atoms with Gasteiger partial charge < -0.3 is 14.9 Å². The summed E-state index contributed by atoms with van der Waals surface area (Å²) in [4.78, 5) is 10.1. The van der Waals surface area contributed by atoms with Gasteiger partial charge in [0.05, 0.1) is 0 Å². The van der Waals surface area contributed by atoms with E-state index in [0.717, 1.165) is 0 Å². The van der Waals surface area contributed by atoms with Crippen LogP contribution in [-0.4, -0.2) is 29.1 Å². The molecule has 0 aromatic carbocycles. The van der Waals surface area contributed by atoms with Gasteiger partial charge in [-0.3, -0.25) is 0 Å². The third-order valence-electron chi connectivity index (χ3n) is 0.554. The lowest BCUT2D eigenvalue weighted by Crippen LogP contribution is -2.21. The summed E-state index contributed by atoms with van der Waals surface area (Å²) < 4.78 is 4.20. The fraction of sp³-hybridized carbons (Fsp3) is 0.400. The summed E-state index contributed by atoms with van der Waals surface area (Å²) in [6.07, 6.45) is -0.703. The van der Waals surface area contributed by atoms with Crippen LogP contribution in [0.15, 0.2) is 12.7 Å². The van der Waals surface area contributed by atoms with Crippen LogP contribution in [0.25, 0.3) is 0 Å². The molecule has 0 rings (SSSR count). The molecule has 0 heterocycles. The maximum Gasteiger partial charge on any atom is 0.363 e. The first-order valence-electron chi connectivity index (χ1n) is 2.32. The van der Waals surface area contributed by atoms with Crippen LogP contribution in [0, 0.1) is 0 Å². The van der Waals surface area contributed by atoms with Crippen LogP contribution >= 0.6 is 0 Å². The van der Waals surface area contributed by atoms with Crippen LogP contribution in [0.2, 0.25) is 0 Å². The summed E-state index contributed by atoms with van der Waals surface area (Å²) in [5, 5.41) is 16.2. The molecule has 0 aromatic rings. The molecule has 4 nitrogen and oxygen atoms in total. The van der Waals surface area contributed by atoms with Crippen LogP contribution in [0.4, 0.5) is 0 Å². The van der Waals surface area contributed by atoms with Gasteiger partial charge in [-0.05, 0) is 0 Å². The lowest BCUT2D eigenvalue weighted by molar-refractivity contribution is -0.171. The molecular formula is C5H8O4. The average molecular weight is 132 g/mol. The molecule has 0 bridgehead atoms. The standard InChI is InChI=1S/C5H8O4/c1-2-3-9-5(8)4(6)7/h2,4,6-7H,1,3H2. The van der Waals surface area contributed by atoms with E-state index >= 15 is 0 Å². The molecule has 0 spiro atoms. The van der Waals surface area contributed by atoms with Crippen LogP contribution in [0.1, 0.15) is 0 Å². The molecule has 0 unspecified atom stereocenters. The number of hydrogen-bond acceptors (Lipinski definition) is 4. The Bertz CT molecular complexity index is 108. The van der Waals surface area contributed by atoms with Gasteiger partial charge >= 0.3 is 5.97 Å². The van der Waals surface area contributed by atoms with Crippen molar-refractivity contribution in [2.75, 3.05) is 6.61 Å². The van der Waals surface area contributed by atoms with Gasteiger partial charge in [0.15, 0.2) is 0 Å². The number of aliphatic hydroxyl groups is 2. The van der Waals surface area contributed by atoms with E-state index in [9.17, 15) is 4.79 Å². The highest BCUT2D eigenvalue weighted by molar-refractivity contribution is 5.72. The maximum absolute atomic E-state index is 10.1. The van der Waals surface area contributed by atoms with Crippen molar-refractivity contribution in [3.63, 3.8) is 0 Å². The molecule has 0 atom stereocenters. The smallest absolute Gasteiger partial charge is 0.363 e. The molecule has 0 saturated carbocycles. The molecule has 0 amide bonds. The monoisotopic (exact) mass is 132 g/mol. The van der Waals surface area contributed by atoms with Gasteiger partial charge in [0.1, 0.15) is 6.61 Å². The Balaban J connectivity index is 3.38. The number of rotatable bonds is 3. The molecular weight excluding hydrogens is 124 g/mol. The number of carbonyl (C=O) groups is 1. The predicted molar refractivity (Wildman–Crippen MR) is 29.4 cm³/mol. The Morgan fingerprint density at radius 3 is 2.67 bits per heavy atom. The molecule has 0 radical (unpaired) electrons. The van der Waals surface area contributed by atoms with Crippen molar-refractivity contribution in [3.8, 4) is 0 Å². The Morgan fingerprint density at radius 1 is 1.78 bits per heavy atom. The number of esters is 1. The first-order valence-corrected chi connectivity index (χ1v) is 2.32. The number of carbonyl (C=O) groups excluding carboxylic acids is 1. The second kappa shape index (κ2) is 4.05. The highest BCUT2D eigenvalue weighted by Gasteiger charge is 2.09. The van der Waals surface area contributed by atoms with E-state index in [1.54, 1.807) is 0 Å². The van der Waals surface area contributed by atoms with Crippen LogP contribution in [0.3, 0.4) is 0 Å². The summed E-state index contributed by atoms with van der Waals surface area (Å²) in [6, 6.07) is 0. The fourth-order valence-corrected chi connectivity index (χ4v) is 0.216. The van der Waals surface area contributed by atoms with Crippen molar-refractivity contribution < 1.29 is 19.7 Å². The van der Waals surface area contributed by atoms with E-state index in [1.807, 2.05) is 0 Å². The lowest BCUT2D eigenvalue weighted by atomic mass is 10.6. The minimum atomic E-state index is -2.04. The van der Waals surface area contributed by atoms with E-state index in [2.05, 4.69) is 11.3 Å². The zero-order valence-electron chi connectivity index (χ0n) is 4.78. The van der Waals surface area contributed by atoms with Crippen molar-refractivity contribution in [2.24, 2.45) is 0 Å². The predicted octanol–water partition coefficient (Wildman–Crippen LogP) is -0.974. The van der Waals surface area contributed by atoms with Crippen LogP contribution in [0.5, 0.6) is 0 Å². The molecule has 52 valence electrons. The molecule has 0 aliphatic carbocycles. The van der Waals surface area contributed by atoms with E-state index in [-0.39, 0.29) is 6.61 Å². The molecule has 0 aromatic heterocycles. The third kappa shape index (κ3) is 3.69. The molecule has 0 aliphatic heterocycles. The highest BCUT2D eigenvalue weighted by Crippen LogP contribution is 1.82. The largest absolute Gasteiger partial charge is 0.458 e. The lowest BCUT2D eigenvalue weighted by Gasteiger charge is -2.00. The molecule has 9 heavy (non-hydrogen) atoms. The van der Waals surface area contributed by atoms with Crippen LogP contribution in [-0.2, 0) is 9.53 Å². The van der Waals surface area contributed by atoms with Crippen molar-refractivity contribution in [1.82, 2.24) is 0 Å². The van der Waals surface area contributed by atoms with Gasteiger partial charge in [0.25, 0.3) is 6.29 Å². The quantitative estimate of drug-likeness (QED) is 0.294. The topological polar surface area (TPSA) is 66.8 Å². The Labute approximate surface area is 52.4 Å². The molecule has 2 N–H and O–H groups in total. The van der Waals surface area contributed by atoms with Gasteiger partial charge in [-0.1, -0.05) is 12.7 Å². The number of ether oxygens (including phenoxy) is 1. The fourth-order valence-electron chi connectivity index (χ4n) is 0.216. The Kier molecular flexibility index (Phi) is 3.66. The Hall–Kier alpha value is -0.870. The van der Waals surface area contributed by atoms with E-state index in [1.165, 1.54) is 6.08 Å². The van der Waals surface area contributed by atoms with Crippen molar-refractivity contribution >= 4 is 5.97 Å². The SMILES string of the molecule is C=CCOC(=O)C(O)O. The Morgan fingerprint density at radius 2 is 2.33 bits per heavy atom. The van der Waals surface area contributed by atoms with Gasteiger partial charge in [-0.2, -0.15) is 0 Å². The van der Waals surface area contributed by atoms with Gasteiger partial charge in [-0.15, -0.1) is 0 Å². The summed E-state index contributed by atoms with van der Waals surface area (Å²) in [6.45, 7) is 3.25. The molecule has 0 aliphatic rings. The summed E-state index contributed by atoms with van der Waals surface area (Å²) in [5.41, 5.74) is 0. The molecule has 0 fully saturated rings. The number of hydrogen-bond donors (Lipinski definition) is 2. The van der Waals surface area contributed by atoms with Crippen LogP contribution < -0.4 is 0 Å². The minimum absolute atomic E-state index is 0.00352. The second-order valence-corrected chi connectivity index (χ2v) is 1.29. The van der Waals surface area contributed by atoms with Gasteiger partial charge in [-0.25, -0.2) is 4.79 Å². The summed E-state index contributed by atoms with van der Waals surface area (Å²) in [7, 11) is 0.